The molecule has 0 amide bonds. The van der Waals surface area contributed by atoms with Gasteiger partial charge in [-0.25, -0.2) is 4.79 Å². The molecule has 260 valence electrons. The second-order valence-electron chi connectivity index (χ2n) is 16.6. The highest BCUT2D eigenvalue weighted by molar-refractivity contribution is 5.92. The normalized spacial score (nSPS) is 46.3. The van der Waals surface area contributed by atoms with E-state index in [0.29, 0.717) is 36.7 Å². The molecule has 11 atom stereocenters. The molecule has 1 aliphatic carbocycles. The molecule has 2 N–H and O–H groups in total. The summed E-state index contributed by atoms with van der Waals surface area (Å²) in [4.78, 5) is 17.9. The minimum Gasteiger partial charge on any atom is -0.450 e. The van der Waals surface area contributed by atoms with E-state index in [1.54, 1.807) is 0 Å². The van der Waals surface area contributed by atoms with Crippen LogP contribution in [0.4, 0.5) is 0 Å². The number of allylic oxidation sites excluding steroid dienone is 2. The molecule has 0 saturated carbocycles. The maximum Gasteiger partial charge on any atom is 0.334 e. The minimum atomic E-state index is -1.10. The summed E-state index contributed by atoms with van der Waals surface area (Å²) in [6.45, 7) is 20.1. The predicted octanol–water partition coefficient (Wildman–Crippen LogP) is 7.57. The first-order valence-corrected chi connectivity index (χ1v) is 18.4. The lowest BCUT2D eigenvalue weighted by Crippen LogP contribution is -2.59. The molecule has 2 saturated heterocycles. The number of ether oxygens (including phenoxy) is 3. The first kappa shape index (κ1) is 34.8. The summed E-state index contributed by atoms with van der Waals surface area (Å²) in [6, 6.07) is 0. The number of aliphatic hydroxyl groups is 2. The Labute approximate surface area is 282 Å². The lowest BCUT2D eigenvalue weighted by molar-refractivity contribution is -0.345. The highest BCUT2D eigenvalue weighted by Gasteiger charge is 2.60. The number of cyclic esters (lactones) is 1. The topological polar surface area (TPSA) is 97.6 Å². The molecule has 3 bridgehead atoms. The average molecular weight is 650 g/mol. The van der Waals surface area contributed by atoms with Crippen LogP contribution in [0.15, 0.2) is 51.6 Å². The van der Waals surface area contributed by atoms with Gasteiger partial charge in [-0.2, -0.15) is 0 Å². The summed E-state index contributed by atoms with van der Waals surface area (Å²) in [5, 5.41) is 23.4. The van der Waals surface area contributed by atoms with Crippen molar-refractivity contribution in [3.05, 3.63) is 46.6 Å². The van der Waals surface area contributed by atoms with Gasteiger partial charge in [-0.1, -0.05) is 44.6 Å². The highest BCUT2D eigenvalue weighted by Crippen LogP contribution is 2.55. The van der Waals surface area contributed by atoms with Gasteiger partial charge in [-0.15, -0.1) is 0 Å². The molecule has 6 rings (SSSR count). The van der Waals surface area contributed by atoms with Gasteiger partial charge >= 0.3 is 5.97 Å². The number of hydrogen-bond donors (Lipinski definition) is 2. The fourth-order valence-electron chi connectivity index (χ4n) is 9.66. The Morgan fingerprint density at radius 3 is 2.47 bits per heavy atom. The predicted molar refractivity (Wildman–Crippen MR) is 185 cm³/mol. The van der Waals surface area contributed by atoms with Crippen LogP contribution in [0.5, 0.6) is 0 Å². The van der Waals surface area contributed by atoms with Crippen LogP contribution in [0.25, 0.3) is 0 Å². The number of fused-ring (bicyclic) bond motifs is 2. The molecule has 2 spiro atoms. The number of carbonyl (C=O) groups excluding carboxylic acids is 1. The summed E-state index contributed by atoms with van der Waals surface area (Å²) >= 11 is 0. The Bertz CT molecular complexity index is 1390. The molecule has 5 aliphatic heterocycles. The molecular formula is C40H59NO6. The van der Waals surface area contributed by atoms with Gasteiger partial charge in [-0.3, -0.25) is 4.99 Å². The maximum absolute atomic E-state index is 12.5. The summed E-state index contributed by atoms with van der Waals surface area (Å²) < 4.78 is 19.3. The van der Waals surface area contributed by atoms with Gasteiger partial charge in [0.05, 0.1) is 18.3 Å². The molecule has 47 heavy (non-hydrogen) atoms. The number of aliphatic hydroxyl groups excluding tert-OH is 1. The van der Waals surface area contributed by atoms with Crippen molar-refractivity contribution in [3.8, 4) is 0 Å². The fraction of sp³-hybridized carbons (Fsp3) is 0.750. The van der Waals surface area contributed by atoms with Crippen LogP contribution in [-0.2, 0) is 19.0 Å². The Morgan fingerprint density at radius 2 is 1.74 bits per heavy atom. The van der Waals surface area contributed by atoms with E-state index in [-0.39, 0.29) is 41.5 Å². The van der Waals surface area contributed by atoms with Gasteiger partial charge in [0.25, 0.3) is 0 Å². The molecule has 6 aliphatic rings. The van der Waals surface area contributed by atoms with E-state index in [0.717, 1.165) is 63.5 Å². The van der Waals surface area contributed by atoms with Crippen molar-refractivity contribution in [2.45, 2.75) is 155 Å². The largest absolute Gasteiger partial charge is 0.450 e. The van der Waals surface area contributed by atoms with E-state index < -0.39 is 17.5 Å². The number of carbonyl (C=O) groups is 1. The van der Waals surface area contributed by atoms with E-state index in [2.05, 4.69) is 47.3 Å². The van der Waals surface area contributed by atoms with Crippen LogP contribution in [0.2, 0.25) is 0 Å². The molecule has 7 nitrogen and oxygen atoms in total. The van der Waals surface area contributed by atoms with Crippen LogP contribution in [0.1, 0.15) is 119 Å². The van der Waals surface area contributed by atoms with E-state index in [1.807, 2.05) is 19.9 Å². The van der Waals surface area contributed by atoms with Crippen molar-refractivity contribution in [2.75, 3.05) is 6.54 Å². The monoisotopic (exact) mass is 649 g/mol. The van der Waals surface area contributed by atoms with E-state index in [4.69, 9.17) is 19.2 Å². The van der Waals surface area contributed by atoms with E-state index in [9.17, 15) is 15.0 Å². The SMILES string of the molecule is C=C1CCCC2=NC[C@H](C)[C@@H](C)C[C@@]23CCC([C@@H]2C=C(C)C(=O)O2)=C(C)[C@@H]3/C=C(\C)[C@@H](O)C[C@H]2O[C@@]3(C[C@H]2C)O[C@@H](CC[C@@]3(C)O)C1. The molecule has 2 fully saturated rings. The Hall–Kier alpha value is -2.06. The van der Waals surface area contributed by atoms with Crippen LogP contribution in [0, 0.1) is 29.1 Å². The Balaban J connectivity index is 1.43. The van der Waals surface area contributed by atoms with Crippen LogP contribution in [-0.4, -0.2) is 64.2 Å². The van der Waals surface area contributed by atoms with Gasteiger partial charge < -0.3 is 24.4 Å². The van der Waals surface area contributed by atoms with Gasteiger partial charge in [-0.05, 0) is 120 Å². The molecule has 5 heterocycles. The van der Waals surface area contributed by atoms with Crippen LogP contribution >= 0.6 is 0 Å². The third-order valence-electron chi connectivity index (χ3n) is 13.1. The zero-order valence-corrected chi connectivity index (χ0v) is 29.9. The molecule has 0 aromatic heterocycles. The van der Waals surface area contributed by atoms with Gasteiger partial charge in [0.15, 0.2) is 5.79 Å². The number of aliphatic imine (C=N–C) groups is 1. The second-order valence-corrected chi connectivity index (χ2v) is 16.6. The summed E-state index contributed by atoms with van der Waals surface area (Å²) in [7, 11) is 0. The third-order valence-corrected chi connectivity index (χ3v) is 13.1. The van der Waals surface area contributed by atoms with Crippen LogP contribution in [0.3, 0.4) is 0 Å². The second kappa shape index (κ2) is 13.0. The van der Waals surface area contributed by atoms with E-state index in [1.165, 1.54) is 22.4 Å². The molecule has 7 heteroatoms. The third kappa shape index (κ3) is 6.39. The zero-order chi connectivity index (χ0) is 33.9. The first-order valence-electron chi connectivity index (χ1n) is 18.4. The fourth-order valence-corrected chi connectivity index (χ4v) is 9.66. The standard InChI is InChI=1S/C40H59NO6/c1-23-10-9-11-36-39(20-26(4)28(6)22-41-36)15-13-31(35-18-25(3)37(43)45-35)29(7)32(39)17-24(2)33(42)19-34-27(5)21-40(47-34)38(8,44)14-12-30(16-23)46-40/h17-18,26-28,30,32-35,42,44H,1,9-16,19-22H2,2-8H3/b24-17+/t26-,27+,28-,30-,32-,33-,34+,35-,38+,39+,40+/m0/s1. The Kier molecular flexibility index (Phi) is 9.62. The quantitative estimate of drug-likeness (QED) is 0.225. The highest BCUT2D eigenvalue weighted by atomic mass is 16.7. The molecule has 0 radical (unpaired) electrons. The van der Waals surface area contributed by atoms with Gasteiger partial charge in [0, 0.05) is 42.0 Å². The maximum atomic E-state index is 12.5. The van der Waals surface area contributed by atoms with Crippen molar-refractivity contribution in [3.63, 3.8) is 0 Å². The zero-order valence-electron chi connectivity index (χ0n) is 29.9. The van der Waals surface area contributed by atoms with Crippen molar-refractivity contribution in [2.24, 2.45) is 34.1 Å². The molecular weight excluding hydrogens is 590 g/mol. The molecule has 0 unspecified atom stereocenters. The van der Waals surface area contributed by atoms with E-state index >= 15 is 0 Å². The van der Waals surface area contributed by atoms with Gasteiger partial charge in [0.1, 0.15) is 11.7 Å². The number of nitrogens with zero attached hydrogens (tertiary/aromatic N) is 1. The lowest BCUT2D eigenvalue weighted by Gasteiger charge is -2.48. The molecule has 0 aromatic carbocycles. The van der Waals surface area contributed by atoms with Crippen LogP contribution < -0.4 is 0 Å². The smallest absolute Gasteiger partial charge is 0.334 e. The van der Waals surface area contributed by atoms with Crippen molar-refractivity contribution < 1.29 is 29.2 Å². The number of esters is 1. The average Bonchev–Trinajstić information content (AvgIpc) is 3.47. The van der Waals surface area contributed by atoms with Gasteiger partial charge in [0.2, 0.25) is 0 Å². The molecule has 0 aromatic rings. The Morgan fingerprint density at radius 1 is 0.979 bits per heavy atom. The first-order chi connectivity index (χ1) is 22.1. The van der Waals surface area contributed by atoms with Crippen molar-refractivity contribution >= 4 is 11.7 Å². The summed E-state index contributed by atoms with van der Waals surface area (Å²) in [5.41, 5.74) is 5.24. The summed E-state index contributed by atoms with van der Waals surface area (Å²) in [6.07, 6.45) is 11.8. The van der Waals surface area contributed by atoms with Crippen molar-refractivity contribution in [1.29, 1.82) is 0 Å². The number of hydrogen-bond acceptors (Lipinski definition) is 7. The lowest BCUT2D eigenvalue weighted by atomic mass is 9.56. The number of rotatable bonds is 1. The summed E-state index contributed by atoms with van der Waals surface area (Å²) in [5.74, 6) is -0.184. The minimum absolute atomic E-state index is 0.0239. The van der Waals surface area contributed by atoms with Crippen molar-refractivity contribution in [1.82, 2.24) is 0 Å².